The minimum atomic E-state index is -0.344. The second-order valence-electron chi connectivity index (χ2n) is 5.26. The first-order valence-electron chi connectivity index (χ1n) is 7.52. The molecule has 0 fully saturated rings. The summed E-state index contributed by atoms with van der Waals surface area (Å²) in [4.78, 5) is 12.2. The fourth-order valence-electron chi connectivity index (χ4n) is 2.33. The van der Waals surface area contributed by atoms with Gasteiger partial charge in [0.2, 0.25) is 0 Å². The lowest BCUT2D eigenvalue weighted by molar-refractivity contribution is 0.185. The third-order valence-electron chi connectivity index (χ3n) is 3.45. The molecule has 0 aromatic heterocycles. The number of anilines is 1. The fourth-order valence-corrected chi connectivity index (χ4v) is 2.33. The van der Waals surface area contributed by atoms with Gasteiger partial charge in [-0.1, -0.05) is 48.5 Å². The Morgan fingerprint density at radius 3 is 2.52 bits per heavy atom. The number of urea groups is 1. The van der Waals surface area contributed by atoms with E-state index in [1.807, 2.05) is 54.6 Å². The molecule has 0 aliphatic rings. The lowest BCUT2D eigenvalue weighted by Gasteiger charge is -2.18. The quantitative estimate of drug-likeness (QED) is 0.735. The number of methoxy groups -OCH3 is 1. The van der Waals surface area contributed by atoms with E-state index in [9.17, 15) is 9.90 Å². The number of hydrogen-bond donors (Lipinski definition) is 3. The normalized spacial score (nSPS) is 11.7. The van der Waals surface area contributed by atoms with E-state index in [-0.39, 0.29) is 18.7 Å². The molecule has 0 aliphatic heterocycles. The van der Waals surface area contributed by atoms with Crippen LogP contribution >= 0.6 is 0 Å². The highest BCUT2D eigenvalue weighted by atomic mass is 16.5. The first-order chi connectivity index (χ1) is 11.2. The van der Waals surface area contributed by atoms with Crippen LogP contribution in [0.15, 0.2) is 54.6 Å². The third-order valence-corrected chi connectivity index (χ3v) is 3.45. The molecule has 0 radical (unpaired) electrons. The number of ether oxygens (including phenoxy) is 1. The van der Waals surface area contributed by atoms with E-state index in [1.54, 1.807) is 7.11 Å². The summed E-state index contributed by atoms with van der Waals surface area (Å²) in [5.41, 5.74) is 2.66. The first-order valence-corrected chi connectivity index (χ1v) is 7.52. The van der Waals surface area contributed by atoms with Crippen LogP contribution in [0.2, 0.25) is 0 Å². The van der Waals surface area contributed by atoms with Crippen molar-refractivity contribution in [2.45, 2.75) is 19.1 Å². The Labute approximate surface area is 136 Å². The number of para-hydroxylation sites is 1. The second kappa shape index (κ2) is 8.92. The number of hydrogen-bond acceptors (Lipinski definition) is 3. The Balaban J connectivity index is 1.95. The molecule has 23 heavy (non-hydrogen) atoms. The van der Waals surface area contributed by atoms with Crippen molar-refractivity contribution in [1.29, 1.82) is 0 Å². The molecule has 0 spiro atoms. The lowest BCUT2D eigenvalue weighted by Crippen LogP contribution is -2.41. The number of carbonyl (C=O) groups is 1. The minimum absolute atomic E-state index is 0.123. The van der Waals surface area contributed by atoms with Gasteiger partial charge in [0.05, 0.1) is 19.3 Å². The van der Waals surface area contributed by atoms with Crippen LogP contribution in [0.1, 0.15) is 11.1 Å². The summed E-state index contributed by atoms with van der Waals surface area (Å²) >= 11 is 0. The van der Waals surface area contributed by atoms with Gasteiger partial charge in [-0.3, -0.25) is 0 Å². The molecule has 1 unspecified atom stereocenters. The summed E-state index contributed by atoms with van der Waals surface area (Å²) in [5.74, 6) is 0. The van der Waals surface area contributed by atoms with Gasteiger partial charge in [-0.25, -0.2) is 4.79 Å². The minimum Gasteiger partial charge on any atom is -0.394 e. The highest BCUT2D eigenvalue weighted by molar-refractivity contribution is 5.90. The van der Waals surface area contributed by atoms with Crippen molar-refractivity contribution in [2.24, 2.45) is 0 Å². The van der Waals surface area contributed by atoms with E-state index < -0.39 is 0 Å². The van der Waals surface area contributed by atoms with Crippen molar-refractivity contribution < 1.29 is 14.6 Å². The topological polar surface area (TPSA) is 70.6 Å². The lowest BCUT2D eigenvalue weighted by atomic mass is 10.1. The number of nitrogens with one attached hydrogen (secondary N) is 2. The Hall–Kier alpha value is -2.37. The summed E-state index contributed by atoms with van der Waals surface area (Å²) in [7, 11) is 1.61. The van der Waals surface area contributed by atoms with Gasteiger partial charge in [-0.05, 0) is 18.1 Å². The molecule has 2 rings (SSSR count). The predicted molar refractivity (Wildman–Crippen MR) is 90.3 cm³/mol. The second-order valence-corrected chi connectivity index (χ2v) is 5.26. The van der Waals surface area contributed by atoms with Gasteiger partial charge < -0.3 is 20.5 Å². The molecular weight excluding hydrogens is 292 g/mol. The van der Waals surface area contributed by atoms with E-state index in [2.05, 4.69) is 10.6 Å². The van der Waals surface area contributed by atoms with Crippen LogP contribution in [0, 0.1) is 0 Å². The molecule has 3 N–H and O–H groups in total. The zero-order chi connectivity index (χ0) is 16.5. The number of aliphatic hydroxyl groups excluding tert-OH is 1. The zero-order valence-corrected chi connectivity index (χ0v) is 13.2. The molecule has 1 atom stereocenters. The largest absolute Gasteiger partial charge is 0.394 e. The van der Waals surface area contributed by atoms with Crippen LogP contribution < -0.4 is 10.6 Å². The van der Waals surface area contributed by atoms with Gasteiger partial charge in [0, 0.05) is 18.4 Å². The average Bonchev–Trinajstić information content (AvgIpc) is 2.57. The molecule has 2 amide bonds. The molecule has 2 aromatic rings. The van der Waals surface area contributed by atoms with Crippen molar-refractivity contribution >= 4 is 11.7 Å². The predicted octanol–water partition coefficient (Wildman–Crippen LogP) is 2.56. The van der Waals surface area contributed by atoms with Crippen LogP contribution in [-0.4, -0.2) is 30.9 Å². The van der Waals surface area contributed by atoms with Gasteiger partial charge in [0.1, 0.15) is 0 Å². The Morgan fingerprint density at radius 1 is 1.13 bits per heavy atom. The van der Waals surface area contributed by atoms with E-state index in [0.717, 1.165) is 11.1 Å². The van der Waals surface area contributed by atoms with Crippen LogP contribution in [-0.2, 0) is 17.8 Å². The average molecular weight is 314 g/mol. The molecule has 0 bridgehead atoms. The molecular formula is C18H22N2O3. The standard InChI is InChI=1S/C18H22N2O3/c1-23-13-15-9-5-6-10-17(15)20-18(22)19-16(12-21)11-14-7-3-2-4-8-14/h2-10,16,21H,11-13H2,1H3,(H2,19,20,22). The van der Waals surface area contributed by atoms with E-state index in [1.165, 1.54) is 0 Å². The van der Waals surface area contributed by atoms with Crippen molar-refractivity contribution in [2.75, 3.05) is 19.0 Å². The number of carbonyl (C=O) groups excluding carboxylic acids is 1. The van der Waals surface area contributed by atoms with Crippen LogP contribution in [0.3, 0.4) is 0 Å². The maximum Gasteiger partial charge on any atom is 0.319 e. The van der Waals surface area contributed by atoms with Crippen molar-refractivity contribution in [3.8, 4) is 0 Å². The molecule has 0 saturated heterocycles. The summed E-state index contributed by atoms with van der Waals surface area (Å²) in [5, 5.41) is 15.1. The fraction of sp³-hybridized carbons (Fsp3) is 0.278. The van der Waals surface area contributed by atoms with Gasteiger partial charge in [-0.15, -0.1) is 0 Å². The Kier molecular flexibility index (Phi) is 6.59. The smallest absolute Gasteiger partial charge is 0.319 e. The van der Waals surface area contributed by atoms with Gasteiger partial charge in [0.25, 0.3) is 0 Å². The van der Waals surface area contributed by atoms with Gasteiger partial charge in [0.15, 0.2) is 0 Å². The SMILES string of the molecule is COCc1ccccc1NC(=O)NC(CO)Cc1ccccc1. The van der Waals surface area contributed by atoms with Crippen LogP contribution in [0.25, 0.3) is 0 Å². The maximum atomic E-state index is 12.2. The Morgan fingerprint density at radius 2 is 1.83 bits per heavy atom. The highest BCUT2D eigenvalue weighted by Gasteiger charge is 2.13. The third kappa shape index (κ3) is 5.39. The number of amides is 2. The van der Waals surface area contributed by atoms with Crippen molar-refractivity contribution in [3.63, 3.8) is 0 Å². The summed E-state index contributed by atoms with van der Waals surface area (Å²) in [6, 6.07) is 16.5. The number of rotatable bonds is 7. The molecule has 2 aromatic carbocycles. The molecule has 0 heterocycles. The van der Waals surface area contributed by atoms with E-state index in [4.69, 9.17) is 4.74 Å². The molecule has 0 saturated carbocycles. The van der Waals surface area contributed by atoms with E-state index >= 15 is 0 Å². The van der Waals surface area contributed by atoms with Gasteiger partial charge >= 0.3 is 6.03 Å². The zero-order valence-electron chi connectivity index (χ0n) is 13.2. The molecule has 0 aliphatic carbocycles. The molecule has 5 nitrogen and oxygen atoms in total. The van der Waals surface area contributed by atoms with Crippen LogP contribution in [0.4, 0.5) is 10.5 Å². The monoisotopic (exact) mass is 314 g/mol. The summed E-state index contributed by atoms with van der Waals surface area (Å²) < 4.78 is 5.12. The highest BCUT2D eigenvalue weighted by Crippen LogP contribution is 2.15. The molecule has 5 heteroatoms. The molecule has 122 valence electrons. The first kappa shape index (κ1) is 17.0. The van der Waals surface area contributed by atoms with Crippen LogP contribution in [0.5, 0.6) is 0 Å². The van der Waals surface area contributed by atoms with Crippen molar-refractivity contribution in [1.82, 2.24) is 5.32 Å². The summed E-state index contributed by atoms with van der Waals surface area (Å²) in [6.07, 6.45) is 0.574. The summed E-state index contributed by atoms with van der Waals surface area (Å²) in [6.45, 7) is 0.298. The Bertz CT molecular complexity index is 617. The van der Waals surface area contributed by atoms with Gasteiger partial charge in [-0.2, -0.15) is 0 Å². The van der Waals surface area contributed by atoms with E-state index in [0.29, 0.717) is 18.7 Å². The van der Waals surface area contributed by atoms with Crippen molar-refractivity contribution in [3.05, 3.63) is 65.7 Å². The maximum absolute atomic E-state index is 12.2. The number of benzene rings is 2. The number of aliphatic hydroxyl groups is 1.